The lowest BCUT2D eigenvalue weighted by atomic mass is 10.1. The van der Waals surface area contributed by atoms with Crippen molar-refractivity contribution < 1.29 is 14.0 Å². The van der Waals surface area contributed by atoms with E-state index in [-0.39, 0.29) is 18.0 Å². The number of hydrogen-bond donors (Lipinski definition) is 0. The van der Waals surface area contributed by atoms with Crippen LogP contribution in [-0.4, -0.2) is 49.3 Å². The van der Waals surface area contributed by atoms with Crippen LogP contribution in [0.5, 0.6) is 0 Å². The van der Waals surface area contributed by atoms with E-state index >= 15 is 0 Å². The lowest BCUT2D eigenvalue weighted by molar-refractivity contribution is -0.129. The first-order chi connectivity index (χ1) is 8.34. The van der Waals surface area contributed by atoms with Gasteiger partial charge in [0.2, 0.25) is 5.91 Å². The standard InChI is InChI=1S/C13H17FN2O2/c1-9-6-5-7-10(12(9)14)13(18)16(4)8-11(17)15(2)3/h5-7H,8H2,1-4H3. The molecule has 0 spiro atoms. The third-order valence-electron chi connectivity index (χ3n) is 2.64. The second-order valence-corrected chi connectivity index (χ2v) is 4.39. The first-order valence-electron chi connectivity index (χ1n) is 5.55. The number of halogens is 1. The molecule has 0 saturated heterocycles. The van der Waals surface area contributed by atoms with Crippen LogP contribution in [0.1, 0.15) is 15.9 Å². The maximum Gasteiger partial charge on any atom is 0.257 e. The molecule has 0 fully saturated rings. The lowest BCUT2D eigenvalue weighted by Crippen LogP contribution is -2.38. The molecular formula is C13H17FN2O2. The van der Waals surface area contributed by atoms with E-state index in [9.17, 15) is 14.0 Å². The Morgan fingerprint density at radius 2 is 1.83 bits per heavy atom. The number of aryl methyl sites for hydroxylation is 1. The van der Waals surface area contributed by atoms with Crippen molar-refractivity contribution in [3.8, 4) is 0 Å². The summed E-state index contributed by atoms with van der Waals surface area (Å²) in [5.41, 5.74) is 0.400. The first-order valence-corrected chi connectivity index (χ1v) is 5.55. The van der Waals surface area contributed by atoms with Crippen LogP contribution in [0.3, 0.4) is 0 Å². The molecule has 0 unspecified atom stereocenters. The highest BCUT2D eigenvalue weighted by atomic mass is 19.1. The van der Waals surface area contributed by atoms with Gasteiger partial charge in [-0.25, -0.2) is 4.39 Å². The lowest BCUT2D eigenvalue weighted by Gasteiger charge is -2.19. The zero-order valence-corrected chi connectivity index (χ0v) is 11.0. The van der Waals surface area contributed by atoms with Crippen molar-refractivity contribution in [3.63, 3.8) is 0 Å². The molecule has 1 rings (SSSR count). The molecule has 0 saturated carbocycles. The van der Waals surface area contributed by atoms with Crippen LogP contribution in [0, 0.1) is 12.7 Å². The van der Waals surface area contributed by atoms with Crippen molar-refractivity contribution in [3.05, 3.63) is 35.1 Å². The number of benzene rings is 1. The predicted octanol–water partition coefficient (Wildman–Crippen LogP) is 1.29. The van der Waals surface area contributed by atoms with Gasteiger partial charge in [0.05, 0.1) is 12.1 Å². The van der Waals surface area contributed by atoms with Gasteiger partial charge in [-0.2, -0.15) is 0 Å². The SMILES string of the molecule is Cc1cccc(C(=O)N(C)CC(=O)N(C)C)c1F. The molecule has 0 aliphatic heterocycles. The molecule has 5 heteroatoms. The van der Waals surface area contributed by atoms with E-state index in [2.05, 4.69) is 0 Å². The van der Waals surface area contributed by atoms with Gasteiger partial charge < -0.3 is 9.80 Å². The third-order valence-corrected chi connectivity index (χ3v) is 2.64. The average molecular weight is 252 g/mol. The van der Waals surface area contributed by atoms with Gasteiger partial charge in [0.25, 0.3) is 5.91 Å². The topological polar surface area (TPSA) is 40.6 Å². The molecule has 0 radical (unpaired) electrons. The molecule has 18 heavy (non-hydrogen) atoms. The summed E-state index contributed by atoms with van der Waals surface area (Å²) in [4.78, 5) is 26.1. The number of likely N-dealkylation sites (N-methyl/N-ethyl adjacent to an activating group) is 2. The second kappa shape index (κ2) is 5.62. The summed E-state index contributed by atoms with van der Waals surface area (Å²) in [6.07, 6.45) is 0. The summed E-state index contributed by atoms with van der Waals surface area (Å²) in [6, 6.07) is 4.63. The summed E-state index contributed by atoms with van der Waals surface area (Å²) < 4.78 is 13.8. The third kappa shape index (κ3) is 3.06. The van der Waals surface area contributed by atoms with Crippen LogP contribution in [0.4, 0.5) is 4.39 Å². The Bertz CT molecular complexity index is 472. The highest BCUT2D eigenvalue weighted by Gasteiger charge is 2.19. The van der Waals surface area contributed by atoms with E-state index in [1.165, 1.54) is 22.9 Å². The minimum Gasteiger partial charge on any atom is -0.347 e. The number of carbonyl (C=O) groups is 2. The van der Waals surface area contributed by atoms with Crippen molar-refractivity contribution in [1.82, 2.24) is 9.80 Å². The minimum atomic E-state index is -0.536. The summed E-state index contributed by atoms with van der Waals surface area (Å²) in [6.45, 7) is 1.52. The quantitative estimate of drug-likeness (QED) is 0.813. The van der Waals surface area contributed by atoms with E-state index in [1.54, 1.807) is 33.2 Å². The van der Waals surface area contributed by atoms with E-state index in [4.69, 9.17) is 0 Å². The van der Waals surface area contributed by atoms with Crippen LogP contribution in [-0.2, 0) is 4.79 Å². The fraction of sp³-hybridized carbons (Fsp3) is 0.385. The van der Waals surface area contributed by atoms with Crippen molar-refractivity contribution in [1.29, 1.82) is 0 Å². The molecule has 1 aromatic carbocycles. The van der Waals surface area contributed by atoms with Crippen molar-refractivity contribution >= 4 is 11.8 Å². The van der Waals surface area contributed by atoms with Crippen LogP contribution < -0.4 is 0 Å². The van der Waals surface area contributed by atoms with Gasteiger partial charge in [-0.15, -0.1) is 0 Å². The predicted molar refractivity (Wildman–Crippen MR) is 66.8 cm³/mol. The molecule has 98 valence electrons. The summed E-state index contributed by atoms with van der Waals surface area (Å²) in [7, 11) is 4.69. The monoisotopic (exact) mass is 252 g/mol. The highest BCUT2D eigenvalue weighted by molar-refractivity contribution is 5.96. The fourth-order valence-electron chi connectivity index (χ4n) is 1.43. The van der Waals surface area contributed by atoms with Crippen molar-refractivity contribution in [2.45, 2.75) is 6.92 Å². The first kappa shape index (κ1) is 14.2. The molecule has 0 N–H and O–H groups in total. The number of carbonyl (C=O) groups excluding carboxylic acids is 2. The van der Waals surface area contributed by atoms with E-state index < -0.39 is 11.7 Å². The zero-order chi connectivity index (χ0) is 13.9. The largest absolute Gasteiger partial charge is 0.347 e. The Kier molecular flexibility index (Phi) is 4.42. The number of amides is 2. The normalized spacial score (nSPS) is 10.1. The van der Waals surface area contributed by atoms with Gasteiger partial charge in [0.1, 0.15) is 5.82 Å². The van der Waals surface area contributed by atoms with Gasteiger partial charge in [0.15, 0.2) is 0 Å². The Hall–Kier alpha value is -1.91. The van der Waals surface area contributed by atoms with Crippen molar-refractivity contribution in [2.24, 2.45) is 0 Å². The number of nitrogens with zero attached hydrogens (tertiary/aromatic N) is 2. The fourth-order valence-corrected chi connectivity index (χ4v) is 1.43. The molecule has 4 nitrogen and oxygen atoms in total. The average Bonchev–Trinajstić information content (AvgIpc) is 2.31. The van der Waals surface area contributed by atoms with Crippen LogP contribution in [0.15, 0.2) is 18.2 Å². The summed E-state index contributed by atoms with van der Waals surface area (Å²) in [5.74, 6) is -1.24. The summed E-state index contributed by atoms with van der Waals surface area (Å²) >= 11 is 0. The number of hydrogen-bond acceptors (Lipinski definition) is 2. The van der Waals surface area contributed by atoms with Crippen LogP contribution in [0.25, 0.3) is 0 Å². The smallest absolute Gasteiger partial charge is 0.257 e. The Balaban J connectivity index is 2.87. The zero-order valence-electron chi connectivity index (χ0n) is 11.0. The maximum atomic E-state index is 13.8. The molecule has 2 amide bonds. The Labute approximate surface area is 106 Å². The molecular weight excluding hydrogens is 235 g/mol. The van der Waals surface area contributed by atoms with Gasteiger partial charge >= 0.3 is 0 Å². The molecule has 1 aromatic rings. The van der Waals surface area contributed by atoms with Gasteiger partial charge in [-0.05, 0) is 18.6 Å². The Morgan fingerprint density at radius 1 is 1.22 bits per heavy atom. The molecule has 0 atom stereocenters. The van der Waals surface area contributed by atoms with Crippen LogP contribution >= 0.6 is 0 Å². The maximum absolute atomic E-state index is 13.8. The highest BCUT2D eigenvalue weighted by Crippen LogP contribution is 2.13. The molecule has 0 aromatic heterocycles. The van der Waals surface area contributed by atoms with Crippen molar-refractivity contribution in [2.75, 3.05) is 27.7 Å². The molecule has 0 bridgehead atoms. The van der Waals surface area contributed by atoms with Gasteiger partial charge in [-0.3, -0.25) is 9.59 Å². The van der Waals surface area contributed by atoms with E-state index in [0.717, 1.165) is 0 Å². The Morgan fingerprint density at radius 3 is 2.39 bits per heavy atom. The second-order valence-electron chi connectivity index (χ2n) is 4.39. The van der Waals surface area contributed by atoms with Crippen LogP contribution in [0.2, 0.25) is 0 Å². The van der Waals surface area contributed by atoms with E-state index in [0.29, 0.717) is 5.56 Å². The minimum absolute atomic E-state index is 0.0101. The molecule has 0 aliphatic rings. The van der Waals surface area contributed by atoms with Gasteiger partial charge in [0, 0.05) is 21.1 Å². The van der Waals surface area contributed by atoms with Gasteiger partial charge in [-0.1, -0.05) is 12.1 Å². The summed E-state index contributed by atoms with van der Waals surface area (Å²) in [5, 5.41) is 0. The molecule has 0 heterocycles. The van der Waals surface area contributed by atoms with E-state index in [1.807, 2.05) is 0 Å². The molecule has 0 aliphatic carbocycles. The number of rotatable bonds is 3.